The van der Waals surface area contributed by atoms with Crippen LogP contribution in [0.1, 0.15) is 68.5 Å². The fourth-order valence-corrected chi connectivity index (χ4v) is 5.15. The van der Waals surface area contributed by atoms with Gasteiger partial charge in [-0.25, -0.2) is 14.4 Å². The monoisotopic (exact) mass is 530 g/mol. The maximum atomic E-state index is 15.1. The Bertz CT molecular complexity index is 1340. The van der Waals surface area contributed by atoms with Gasteiger partial charge in [-0.15, -0.1) is 0 Å². The molecular formula is C27H30F4N6O. The van der Waals surface area contributed by atoms with Crippen LogP contribution in [-0.4, -0.2) is 38.4 Å². The molecule has 4 atom stereocenters. The summed E-state index contributed by atoms with van der Waals surface area (Å²) in [6.45, 7) is 5.40. The molecule has 3 aliphatic rings. The van der Waals surface area contributed by atoms with E-state index in [1.165, 1.54) is 12.8 Å². The van der Waals surface area contributed by atoms with Crippen molar-refractivity contribution in [3.63, 3.8) is 0 Å². The van der Waals surface area contributed by atoms with Crippen molar-refractivity contribution < 1.29 is 22.3 Å². The largest absolute Gasteiger partial charge is 0.416 e. The van der Waals surface area contributed by atoms with Crippen molar-refractivity contribution in [1.82, 2.24) is 19.7 Å². The molecule has 0 spiro atoms. The van der Waals surface area contributed by atoms with Crippen molar-refractivity contribution in [3.8, 4) is 11.3 Å². The number of nitrogens with one attached hydrogen (secondary N) is 2. The molecule has 11 heteroatoms. The van der Waals surface area contributed by atoms with Crippen molar-refractivity contribution in [2.75, 3.05) is 17.2 Å². The van der Waals surface area contributed by atoms with Crippen molar-refractivity contribution in [2.45, 2.75) is 76.4 Å². The average molecular weight is 531 g/mol. The predicted octanol–water partition coefficient (Wildman–Crippen LogP) is 6.16. The Hall–Kier alpha value is -3.21. The molecule has 7 nitrogen and oxygen atoms in total. The average Bonchev–Trinajstić information content (AvgIpc) is 3.57. The van der Waals surface area contributed by atoms with E-state index in [-0.39, 0.29) is 35.4 Å². The molecule has 1 aromatic carbocycles. The van der Waals surface area contributed by atoms with E-state index < -0.39 is 17.6 Å². The van der Waals surface area contributed by atoms with Crippen molar-refractivity contribution in [1.29, 1.82) is 0 Å². The van der Waals surface area contributed by atoms with Crippen LogP contribution in [-0.2, 0) is 17.5 Å². The molecule has 0 bridgehead atoms. The van der Waals surface area contributed by atoms with E-state index >= 15 is 4.39 Å². The number of fused-ring (bicyclic) bond motifs is 1. The predicted molar refractivity (Wildman–Crippen MR) is 134 cm³/mol. The molecule has 3 aromatic rings. The first-order chi connectivity index (χ1) is 18.2. The Morgan fingerprint density at radius 3 is 2.61 bits per heavy atom. The molecule has 1 aliphatic carbocycles. The van der Waals surface area contributed by atoms with Gasteiger partial charge in [-0.1, -0.05) is 0 Å². The lowest BCUT2D eigenvalue weighted by atomic mass is 9.92. The molecule has 6 rings (SSSR count). The minimum atomic E-state index is -4.64. The number of hydrogen-bond acceptors (Lipinski definition) is 6. The van der Waals surface area contributed by atoms with Gasteiger partial charge in [0.1, 0.15) is 23.0 Å². The summed E-state index contributed by atoms with van der Waals surface area (Å²) in [4.78, 5) is 9.57. The topological polar surface area (TPSA) is 76.9 Å². The molecule has 2 aliphatic heterocycles. The van der Waals surface area contributed by atoms with E-state index in [4.69, 9.17) is 14.7 Å². The molecule has 1 saturated carbocycles. The zero-order valence-electron chi connectivity index (χ0n) is 21.2. The number of ether oxygens (including phenoxy) is 1. The first kappa shape index (κ1) is 25.1. The van der Waals surface area contributed by atoms with Gasteiger partial charge in [0, 0.05) is 48.5 Å². The molecule has 1 saturated heterocycles. The molecule has 38 heavy (non-hydrogen) atoms. The SMILES string of the molecule is CC1Nc2nc(C3CCO[C@@H](c4cnn(CC5CC5)c4)C3)nc(-c3ccc(C(F)(F)F)cc3F)c2NC1C. The van der Waals surface area contributed by atoms with Gasteiger partial charge >= 0.3 is 6.18 Å². The third-order valence-corrected chi connectivity index (χ3v) is 7.78. The summed E-state index contributed by atoms with van der Waals surface area (Å²) in [7, 11) is 0. The standard InChI is InChI=1S/C27H30F4N6O/c1-14-15(2)34-26-24(33-14)23(20-6-5-19(10-21(20)28)27(29,30)31)35-25(36-26)17-7-8-38-22(9-17)18-11-32-37(13-18)12-16-3-4-16/h5-6,10-11,13-17,22,33H,3-4,7-9,12H2,1-2H3,(H,34,35,36)/t14?,15?,17?,22-/m1/s1. The van der Waals surface area contributed by atoms with Crippen LogP contribution in [0.3, 0.4) is 0 Å². The number of halogens is 4. The van der Waals surface area contributed by atoms with E-state index in [0.29, 0.717) is 48.8 Å². The number of nitrogens with zero attached hydrogens (tertiary/aromatic N) is 4. The summed E-state index contributed by atoms with van der Waals surface area (Å²) >= 11 is 0. The zero-order chi connectivity index (χ0) is 26.6. The second kappa shape index (κ2) is 9.52. The molecule has 2 fully saturated rings. The van der Waals surface area contributed by atoms with Gasteiger partial charge in [0.2, 0.25) is 0 Å². The van der Waals surface area contributed by atoms with E-state index in [9.17, 15) is 13.2 Å². The Morgan fingerprint density at radius 2 is 1.87 bits per heavy atom. The molecule has 4 heterocycles. The summed E-state index contributed by atoms with van der Waals surface area (Å²) < 4.78 is 62.7. The third-order valence-electron chi connectivity index (χ3n) is 7.78. The van der Waals surface area contributed by atoms with Crippen molar-refractivity contribution in [2.24, 2.45) is 5.92 Å². The third kappa shape index (κ3) is 4.95. The summed E-state index contributed by atoms with van der Waals surface area (Å²) in [5.41, 5.74) is 0.707. The van der Waals surface area contributed by atoms with Crippen LogP contribution in [0.2, 0.25) is 0 Å². The first-order valence-electron chi connectivity index (χ1n) is 13.1. The number of alkyl halides is 3. The first-order valence-corrected chi connectivity index (χ1v) is 13.1. The molecule has 0 radical (unpaired) electrons. The highest BCUT2D eigenvalue weighted by atomic mass is 19.4. The van der Waals surface area contributed by atoms with Crippen molar-refractivity contribution in [3.05, 3.63) is 53.4 Å². The number of rotatable bonds is 5. The van der Waals surface area contributed by atoms with Gasteiger partial charge in [-0.05, 0) is 63.6 Å². The second-order valence-corrected chi connectivity index (χ2v) is 10.7. The summed E-state index contributed by atoms with van der Waals surface area (Å²) in [5.74, 6) is 0.705. The zero-order valence-corrected chi connectivity index (χ0v) is 21.2. The quantitative estimate of drug-likeness (QED) is 0.385. The molecule has 2 N–H and O–H groups in total. The number of hydrogen-bond donors (Lipinski definition) is 2. The fourth-order valence-electron chi connectivity index (χ4n) is 5.15. The van der Waals surface area contributed by atoms with Crippen LogP contribution in [0.5, 0.6) is 0 Å². The molecule has 0 amide bonds. The van der Waals surface area contributed by atoms with Crippen LogP contribution in [0, 0.1) is 11.7 Å². The van der Waals surface area contributed by atoms with Gasteiger partial charge < -0.3 is 15.4 Å². The minimum absolute atomic E-state index is 0.00100. The fraction of sp³-hybridized carbons (Fsp3) is 0.519. The normalized spacial score (nSPS) is 25.4. The number of benzene rings is 1. The van der Waals surface area contributed by atoms with Crippen LogP contribution < -0.4 is 10.6 Å². The number of anilines is 2. The second-order valence-electron chi connectivity index (χ2n) is 10.7. The van der Waals surface area contributed by atoms with Gasteiger partial charge in [0.25, 0.3) is 0 Å². The van der Waals surface area contributed by atoms with Gasteiger partial charge in [0.15, 0.2) is 5.82 Å². The van der Waals surface area contributed by atoms with Gasteiger partial charge in [0.05, 0.1) is 17.9 Å². The Morgan fingerprint density at radius 1 is 1.08 bits per heavy atom. The van der Waals surface area contributed by atoms with E-state index in [1.54, 1.807) is 0 Å². The highest BCUT2D eigenvalue weighted by Crippen LogP contribution is 2.42. The van der Waals surface area contributed by atoms with Crippen LogP contribution in [0.25, 0.3) is 11.3 Å². The maximum absolute atomic E-state index is 15.1. The van der Waals surface area contributed by atoms with Gasteiger partial charge in [-0.3, -0.25) is 4.68 Å². The lowest BCUT2D eigenvalue weighted by molar-refractivity contribution is -0.137. The van der Waals surface area contributed by atoms with Crippen LogP contribution in [0.15, 0.2) is 30.6 Å². The summed E-state index contributed by atoms with van der Waals surface area (Å²) in [5, 5.41) is 11.2. The Kier molecular flexibility index (Phi) is 6.28. The lowest BCUT2D eigenvalue weighted by Gasteiger charge is -2.34. The molecular weight excluding hydrogens is 500 g/mol. The maximum Gasteiger partial charge on any atom is 0.416 e. The highest BCUT2D eigenvalue weighted by molar-refractivity contribution is 5.84. The van der Waals surface area contributed by atoms with Crippen LogP contribution >= 0.6 is 0 Å². The lowest BCUT2D eigenvalue weighted by Crippen LogP contribution is -2.40. The summed E-state index contributed by atoms with van der Waals surface area (Å²) in [6, 6.07) is 2.58. The van der Waals surface area contributed by atoms with E-state index in [1.807, 2.05) is 30.9 Å². The smallest absolute Gasteiger partial charge is 0.376 e. The van der Waals surface area contributed by atoms with Gasteiger partial charge in [-0.2, -0.15) is 18.3 Å². The molecule has 202 valence electrons. The molecule has 2 aromatic heterocycles. The summed E-state index contributed by atoms with van der Waals surface area (Å²) in [6.07, 6.45) is 2.88. The van der Waals surface area contributed by atoms with Crippen LogP contribution in [0.4, 0.5) is 29.1 Å². The molecule has 3 unspecified atom stereocenters. The Balaban J connectivity index is 1.34. The Labute approximate surface area is 218 Å². The van der Waals surface area contributed by atoms with E-state index in [0.717, 1.165) is 24.2 Å². The van der Waals surface area contributed by atoms with E-state index in [2.05, 4.69) is 15.7 Å². The number of aromatic nitrogens is 4. The van der Waals surface area contributed by atoms with Crippen molar-refractivity contribution >= 4 is 11.5 Å². The minimum Gasteiger partial charge on any atom is -0.376 e. The highest BCUT2D eigenvalue weighted by Gasteiger charge is 2.34.